The van der Waals surface area contributed by atoms with Crippen molar-refractivity contribution < 1.29 is 23.6 Å². The minimum Gasteiger partial charge on any atom is -0.443 e. The van der Waals surface area contributed by atoms with Gasteiger partial charge in [0.25, 0.3) is 0 Å². The lowest BCUT2D eigenvalue weighted by molar-refractivity contribution is 0.00578. The Balaban J connectivity index is 1.70. The third-order valence-electron chi connectivity index (χ3n) is 5.35. The third kappa shape index (κ3) is 3.89. The van der Waals surface area contributed by atoms with Crippen molar-refractivity contribution in [3.63, 3.8) is 0 Å². The highest BCUT2D eigenvalue weighted by Gasteiger charge is 2.51. The van der Waals surface area contributed by atoms with Crippen LogP contribution in [0, 0.1) is 0 Å². The molecule has 0 atom stereocenters. The van der Waals surface area contributed by atoms with Gasteiger partial charge in [-0.2, -0.15) is 0 Å². The summed E-state index contributed by atoms with van der Waals surface area (Å²) >= 11 is 0. The molecule has 2 saturated heterocycles. The topological polar surface area (TPSA) is 68.3 Å². The number of rotatable bonds is 2. The summed E-state index contributed by atoms with van der Waals surface area (Å²) in [6.07, 6.45) is -0.617. The highest BCUT2D eigenvalue weighted by molar-refractivity contribution is 6.62. The second-order valence-electron chi connectivity index (χ2n) is 9.25. The smallest absolute Gasteiger partial charge is 0.443 e. The van der Waals surface area contributed by atoms with Crippen molar-refractivity contribution in [1.29, 1.82) is 0 Å². The molecule has 0 aliphatic carbocycles. The van der Waals surface area contributed by atoms with Crippen LogP contribution in [0.3, 0.4) is 0 Å². The summed E-state index contributed by atoms with van der Waals surface area (Å²) in [4.78, 5) is 27.6. The van der Waals surface area contributed by atoms with E-state index in [0.29, 0.717) is 13.1 Å². The van der Waals surface area contributed by atoms with E-state index in [9.17, 15) is 9.59 Å². The number of imide groups is 1. The van der Waals surface area contributed by atoms with Gasteiger partial charge in [0.15, 0.2) is 0 Å². The van der Waals surface area contributed by atoms with Crippen molar-refractivity contribution in [1.82, 2.24) is 4.90 Å². The Morgan fingerprint density at radius 1 is 1.04 bits per heavy atom. The van der Waals surface area contributed by atoms with Crippen molar-refractivity contribution >= 4 is 30.4 Å². The molecular formula is C20H29BN2O5. The highest BCUT2D eigenvalue weighted by atomic mass is 16.7. The minimum atomic E-state index is -0.644. The molecule has 2 aliphatic heterocycles. The fraction of sp³-hybridized carbons (Fsp3) is 0.600. The van der Waals surface area contributed by atoms with E-state index in [-0.39, 0.29) is 6.03 Å². The van der Waals surface area contributed by atoms with E-state index in [4.69, 9.17) is 14.0 Å². The molecule has 0 spiro atoms. The summed E-state index contributed by atoms with van der Waals surface area (Å²) in [7, 11) is -0.452. The molecule has 28 heavy (non-hydrogen) atoms. The number of ether oxygens (including phenoxy) is 1. The van der Waals surface area contributed by atoms with Crippen LogP contribution in [0.15, 0.2) is 24.3 Å². The van der Waals surface area contributed by atoms with Crippen LogP contribution < -0.4 is 10.4 Å². The molecular weight excluding hydrogens is 359 g/mol. The first kappa shape index (κ1) is 20.7. The second kappa shape index (κ2) is 6.78. The van der Waals surface area contributed by atoms with E-state index in [1.165, 1.54) is 0 Å². The Morgan fingerprint density at radius 2 is 1.57 bits per heavy atom. The van der Waals surface area contributed by atoms with Gasteiger partial charge in [0.05, 0.1) is 17.7 Å². The molecule has 3 amide bonds. The fourth-order valence-electron chi connectivity index (χ4n) is 3.05. The quantitative estimate of drug-likeness (QED) is 0.728. The van der Waals surface area contributed by atoms with Gasteiger partial charge in [-0.1, -0.05) is 12.1 Å². The van der Waals surface area contributed by atoms with Crippen molar-refractivity contribution in [3.05, 3.63) is 24.3 Å². The van der Waals surface area contributed by atoms with E-state index in [1.54, 1.807) is 25.7 Å². The van der Waals surface area contributed by atoms with Crippen LogP contribution in [0.1, 0.15) is 48.5 Å². The number of carbonyl (C=O) groups excluding carboxylic acids is 2. The first-order valence-electron chi connectivity index (χ1n) is 9.58. The monoisotopic (exact) mass is 388 g/mol. The Labute approximate surface area is 167 Å². The SMILES string of the molecule is CC(C)(C)OC(=O)N1CCN(c2ccc(B3OC(C)(C)C(C)(C)O3)cc2)C1=O. The summed E-state index contributed by atoms with van der Waals surface area (Å²) in [5, 5.41) is 0. The zero-order valence-corrected chi connectivity index (χ0v) is 17.7. The van der Waals surface area contributed by atoms with Gasteiger partial charge in [0.2, 0.25) is 0 Å². The Bertz CT molecular complexity index is 754. The number of carbonyl (C=O) groups is 2. The van der Waals surface area contributed by atoms with Gasteiger partial charge < -0.3 is 14.0 Å². The molecule has 152 valence electrons. The minimum absolute atomic E-state index is 0.298. The van der Waals surface area contributed by atoms with Crippen molar-refractivity contribution in [2.24, 2.45) is 0 Å². The van der Waals surface area contributed by atoms with Gasteiger partial charge in [-0.25, -0.2) is 14.5 Å². The zero-order valence-electron chi connectivity index (χ0n) is 17.7. The van der Waals surface area contributed by atoms with Gasteiger partial charge in [0.1, 0.15) is 5.60 Å². The Kier molecular flexibility index (Phi) is 5.00. The fourth-order valence-corrected chi connectivity index (χ4v) is 3.05. The van der Waals surface area contributed by atoms with Gasteiger partial charge in [-0.15, -0.1) is 0 Å². The molecule has 0 unspecified atom stereocenters. The molecule has 7 nitrogen and oxygen atoms in total. The zero-order chi connectivity index (χ0) is 20.9. The van der Waals surface area contributed by atoms with E-state index in [1.807, 2.05) is 52.0 Å². The van der Waals surface area contributed by atoms with Crippen molar-refractivity contribution in [2.45, 2.75) is 65.3 Å². The molecule has 1 aromatic carbocycles. The number of nitrogens with zero attached hydrogens (tertiary/aromatic N) is 2. The standard InChI is InChI=1S/C20H29BN2O5/c1-18(2,3)26-17(25)23-13-12-22(16(23)24)15-10-8-14(9-11-15)21-27-19(4,5)20(6,7)28-21/h8-11H,12-13H2,1-7H3. The summed E-state index contributed by atoms with van der Waals surface area (Å²) in [6.45, 7) is 14.1. The average Bonchev–Trinajstić information content (AvgIpc) is 3.03. The maximum atomic E-state index is 12.6. The van der Waals surface area contributed by atoms with E-state index >= 15 is 0 Å². The molecule has 2 heterocycles. The van der Waals surface area contributed by atoms with Crippen LogP contribution >= 0.6 is 0 Å². The van der Waals surface area contributed by atoms with E-state index < -0.39 is 30.0 Å². The van der Waals surface area contributed by atoms with Crippen LogP contribution in [-0.4, -0.2) is 54.0 Å². The number of amides is 3. The van der Waals surface area contributed by atoms with E-state index in [2.05, 4.69) is 0 Å². The number of anilines is 1. The second-order valence-corrected chi connectivity index (χ2v) is 9.25. The molecule has 2 aliphatic rings. The van der Waals surface area contributed by atoms with Gasteiger partial charge in [-0.3, -0.25) is 4.90 Å². The summed E-state index contributed by atoms with van der Waals surface area (Å²) < 4.78 is 17.4. The molecule has 0 bridgehead atoms. The first-order chi connectivity index (χ1) is 12.8. The maximum Gasteiger partial charge on any atom is 0.494 e. The van der Waals surface area contributed by atoms with Gasteiger partial charge >= 0.3 is 19.2 Å². The summed E-state index contributed by atoms with van der Waals surface area (Å²) in [6, 6.07) is 7.09. The normalized spacial score (nSPS) is 21.4. The average molecular weight is 388 g/mol. The van der Waals surface area contributed by atoms with Crippen LogP contribution in [-0.2, 0) is 14.0 Å². The number of benzene rings is 1. The third-order valence-corrected chi connectivity index (χ3v) is 5.35. The first-order valence-corrected chi connectivity index (χ1v) is 9.58. The van der Waals surface area contributed by atoms with Gasteiger partial charge in [-0.05, 0) is 66.1 Å². The summed E-state index contributed by atoms with van der Waals surface area (Å²) in [5.74, 6) is 0. The van der Waals surface area contributed by atoms with Crippen LogP contribution in [0.25, 0.3) is 0 Å². The van der Waals surface area contributed by atoms with E-state index in [0.717, 1.165) is 16.1 Å². The van der Waals surface area contributed by atoms with Gasteiger partial charge in [0, 0.05) is 12.2 Å². The molecule has 0 radical (unpaired) electrons. The predicted octanol–water partition coefficient (Wildman–Crippen LogP) is 3.16. The number of hydrogen-bond donors (Lipinski definition) is 0. The lowest BCUT2D eigenvalue weighted by atomic mass is 9.79. The Morgan fingerprint density at radius 3 is 2.07 bits per heavy atom. The van der Waals surface area contributed by atoms with Crippen molar-refractivity contribution in [2.75, 3.05) is 18.0 Å². The molecule has 0 saturated carbocycles. The molecule has 0 aromatic heterocycles. The Hall–Kier alpha value is -2.06. The highest BCUT2D eigenvalue weighted by Crippen LogP contribution is 2.36. The lowest BCUT2D eigenvalue weighted by Crippen LogP contribution is -2.41. The predicted molar refractivity (Wildman–Crippen MR) is 108 cm³/mol. The largest absolute Gasteiger partial charge is 0.494 e. The maximum absolute atomic E-state index is 12.6. The lowest BCUT2D eigenvalue weighted by Gasteiger charge is -2.32. The number of hydrogen-bond acceptors (Lipinski definition) is 5. The summed E-state index contributed by atoms with van der Waals surface area (Å²) in [5.41, 5.74) is 0.147. The molecule has 2 fully saturated rings. The van der Waals surface area contributed by atoms with Crippen LogP contribution in [0.2, 0.25) is 0 Å². The van der Waals surface area contributed by atoms with Crippen LogP contribution in [0.4, 0.5) is 15.3 Å². The number of urea groups is 1. The molecule has 1 aromatic rings. The molecule has 3 rings (SSSR count). The van der Waals surface area contributed by atoms with Crippen LogP contribution in [0.5, 0.6) is 0 Å². The molecule has 8 heteroatoms. The van der Waals surface area contributed by atoms with Crippen molar-refractivity contribution in [3.8, 4) is 0 Å². The molecule has 0 N–H and O–H groups in total.